The molecule has 2 heteroatoms. The molecule has 0 aromatic heterocycles. The molecule has 0 radical (unpaired) electrons. The van der Waals surface area contributed by atoms with Crippen molar-refractivity contribution >= 4 is 38.3 Å². The van der Waals surface area contributed by atoms with Gasteiger partial charge in [-0.2, -0.15) is 0 Å². The number of rotatable bonds is 2. The molecule has 0 spiro atoms. The molecule has 0 heterocycles. The van der Waals surface area contributed by atoms with Crippen molar-refractivity contribution in [1.82, 2.24) is 0 Å². The van der Waals surface area contributed by atoms with Crippen molar-refractivity contribution in [3.8, 4) is 0 Å². The van der Waals surface area contributed by atoms with Gasteiger partial charge in [-0.1, -0.05) is 71.9 Å². The predicted octanol–water partition coefficient (Wildman–Crippen LogP) is 6.85. The largest absolute Gasteiger partial charge is 0.117 e. The third-order valence-electron chi connectivity index (χ3n) is 4.52. The van der Waals surface area contributed by atoms with Crippen LogP contribution in [-0.2, 0) is 0 Å². The Bertz CT molecular complexity index is 585. The van der Waals surface area contributed by atoms with Crippen LogP contribution in [0.5, 0.6) is 0 Å². The fourth-order valence-electron chi connectivity index (χ4n) is 3.38. The molecule has 0 saturated heterocycles. The normalized spacial score (nSPS) is 18.9. The van der Waals surface area contributed by atoms with Crippen LogP contribution < -0.4 is 0 Å². The predicted molar refractivity (Wildman–Crippen MR) is 91.4 cm³/mol. The van der Waals surface area contributed by atoms with Gasteiger partial charge < -0.3 is 0 Å². The smallest absolute Gasteiger partial charge is 0.0619 e. The Morgan fingerprint density at radius 3 is 2.25 bits per heavy atom. The summed E-state index contributed by atoms with van der Waals surface area (Å²) in [7, 11) is 0. The van der Waals surface area contributed by atoms with Gasteiger partial charge >= 0.3 is 0 Å². The van der Waals surface area contributed by atoms with Gasteiger partial charge in [0.25, 0.3) is 0 Å². The van der Waals surface area contributed by atoms with E-state index < -0.39 is 0 Å². The number of alkyl halides is 1. The van der Waals surface area contributed by atoms with E-state index in [4.69, 9.17) is 11.6 Å². The molecule has 2 aromatic carbocycles. The van der Waals surface area contributed by atoms with E-state index >= 15 is 0 Å². The highest BCUT2D eigenvalue weighted by Crippen LogP contribution is 2.41. The van der Waals surface area contributed by atoms with Crippen LogP contribution in [0.15, 0.2) is 40.9 Å². The van der Waals surface area contributed by atoms with Gasteiger partial charge in [0.1, 0.15) is 0 Å². The first-order valence-electron chi connectivity index (χ1n) is 7.58. The van der Waals surface area contributed by atoms with Crippen LogP contribution >= 0.6 is 27.5 Å². The van der Waals surface area contributed by atoms with Gasteiger partial charge in [-0.25, -0.2) is 0 Å². The molecule has 2 aromatic rings. The van der Waals surface area contributed by atoms with E-state index in [-0.39, 0.29) is 5.38 Å². The molecule has 1 fully saturated rings. The van der Waals surface area contributed by atoms with Crippen molar-refractivity contribution < 1.29 is 0 Å². The molecule has 3 rings (SSSR count). The van der Waals surface area contributed by atoms with Crippen LogP contribution in [0.2, 0.25) is 0 Å². The standard InChI is InChI=1S/C18H20BrCl/c19-17-12-11-16(14-9-5-6-10-15(14)17)18(20)13-7-3-1-2-4-8-13/h5-6,9-13,18H,1-4,7-8H2. The summed E-state index contributed by atoms with van der Waals surface area (Å²) in [5.41, 5.74) is 1.30. The summed E-state index contributed by atoms with van der Waals surface area (Å²) in [4.78, 5) is 0. The lowest BCUT2D eigenvalue weighted by molar-refractivity contribution is 0.446. The van der Waals surface area contributed by atoms with Crippen LogP contribution in [-0.4, -0.2) is 0 Å². The number of halogens is 2. The van der Waals surface area contributed by atoms with E-state index in [1.807, 2.05) is 0 Å². The zero-order valence-electron chi connectivity index (χ0n) is 11.6. The minimum atomic E-state index is 0.145. The minimum absolute atomic E-state index is 0.145. The Labute approximate surface area is 134 Å². The first kappa shape index (κ1) is 14.4. The van der Waals surface area contributed by atoms with Gasteiger partial charge in [0.2, 0.25) is 0 Å². The summed E-state index contributed by atoms with van der Waals surface area (Å²) in [5, 5.41) is 2.71. The van der Waals surface area contributed by atoms with Crippen LogP contribution in [0.3, 0.4) is 0 Å². The van der Waals surface area contributed by atoms with E-state index in [1.54, 1.807) is 0 Å². The van der Waals surface area contributed by atoms with E-state index in [1.165, 1.54) is 54.9 Å². The molecule has 20 heavy (non-hydrogen) atoms. The summed E-state index contributed by atoms with van der Waals surface area (Å²) in [6, 6.07) is 12.9. The number of hydrogen-bond donors (Lipinski definition) is 0. The molecule has 106 valence electrons. The average molecular weight is 352 g/mol. The van der Waals surface area contributed by atoms with Gasteiger partial charge in [-0.05, 0) is 41.2 Å². The van der Waals surface area contributed by atoms with E-state index in [9.17, 15) is 0 Å². The van der Waals surface area contributed by atoms with Crippen molar-refractivity contribution in [2.24, 2.45) is 5.92 Å². The lowest BCUT2D eigenvalue weighted by atomic mass is 9.89. The Morgan fingerprint density at radius 2 is 1.55 bits per heavy atom. The van der Waals surface area contributed by atoms with E-state index in [0.29, 0.717) is 5.92 Å². The second kappa shape index (κ2) is 6.49. The maximum Gasteiger partial charge on any atom is 0.0619 e. The highest BCUT2D eigenvalue weighted by molar-refractivity contribution is 9.10. The Balaban J connectivity index is 1.98. The topological polar surface area (TPSA) is 0 Å². The summed E-state index contributed by atoms with van der Waals surface area (Å²) >= 11 is 10.5. The highest BCUT2D eigenvalue weighted by Gasteiger charge is 2.23. The Hall–Kier alpha value is -0.530. The fraction of sp³-hybridized carbons (Fsp3) is 0.444. The molecule has 1 aliphatic carbocycles. The van der Waals surface area contributed by atoms with Crippen molar-refractivity contribution in [2.45, 2.75) is 43.9 Å². The molecular formula is C18H20BrCl. The number of benzene rings is 2. The zero-order chi connectivity index (χ0) is 13.9. The summed E-state index contributed by atoms with van der Waals surface area (Å²) in [6.07, 6.45) is 7.98. The molecule has 1 saturated carbocycles. The number of hydrogen-bond acceptors (Lipinski definition) is 0. The lowest BCUT2D eigenvalue weighted by Gasteiger charge is -2.22. The van der Waals surface area contributed by atoms with Gasteiger partial charge in [0.15, 0.2) is 0 Å². The van der Waals surface area contributed by atoms with Gasteiger partial charge in [-0.15, -0.1) is 11.6 Å². The number of fused-ring (bicyclic) bond motifs is 1. The molecule has 0 nitrogen and oxygen atoms in total. The molecule has 1 atom stereocenters. The SMILES string of the molecule is ClC(c1ccc(Br)c2ccccc12)C1CCCCCC1. The summed E-state index contributed by atoms with van der Waals surface area (Å²) in [6.45, 7) is 0. The van der Waals surface area contributed by atoms with E-state index in [0.717, 1.165) is 4.47 Å². The zero-order valence-corrected chi connectivity index (χ0v) is 14.0. The van der Waals surface area contributed by atoms with E-state index in [2.05, 4.69) is 52.3 Å². The van der Waals surface area contributed by atoms with Crippen LogP contribution in [0.25, 0.3) is 10.8 Å². The molecule has 0 bridgehead atoms. The minimum Gasteiger partial charge on any atom is -0.117 e. The fourth-order valence-corrected chi connectivity index (χ4v) is 4.30. The molecule has 1 aliphatic rings. The highest BCUT2D eigenvalue weighted by atomic mass is 79.9. The van der Waals surface area contributed by atoms with Crippen molar-refractivity contribution in [1.29, 1.82) is 0 Å². The summed E-state index contributed by atoms with van der Waals surface area (Å²) < 4.78 is 1.15. The molecule has 1 unspecified atom stereocenters. The van der Waals surface area contributed by atoms with Gasteiger partial charge in [-0.3, -0.25) is 0 Å². The van der Waals surface area contributed by atoms with Crippen molar-refractivity contribution in [2.75, 3.05) is 0 Å². The van der Waals surface area contributed by atoms with Crippen LogP contribution in [0.1, 0.15) is 49.5 Å². The lowest BCUT2D eigenvalue weighted by Crippen LogP contribution is -2.07. The van der Waals surface area contributed by atoms with Crippen molar-refractivity contribution in [3.05, 3.63) is 46.4 Å². The van der Waals surface area contributed by atoms with Crippen LogP contribution in [0, 0.1) is 5.92 Å². The second-order valence-corrected chi connectivity index (χ2v) is 7.16. The first-order valence-corrected chi connectivity index (χ1v) is 8.81. The maximum absolute atomic E-state index is 6.87. The maximum atomic E-state index is 6.87. The molecule has 0 amide bonds. The van der Waals surface area contributed by atoms with Crippen molar-refractivity contribution in [3.63, 3.8) is 0 Å². The van der Waals surface area contributed by atoms with Gasteiger partial charge in [0.05, 0.1) is 5.38 Å². The summed E-state index contributed by atoms with van der Waals surface area (Å²) in [5.74, 6) is 0.628. The second-order valence-electron chi connectivity index (χ2n) is 5.84. The third-order valence-corrected chi connectivity index (χ3v) is 5.80. The Morgan fingerprint density at radius 1 is 0.900 bits per heavy atom. The van der Waals surface area contributed by atoms with Gasteiger partial charge in [0, 0.05) is 4.47 Å². The third kappa shape index (κ3) is 2.89. The quantitative estimate of drug-likeness (QED) is 0.410. The Kier molecular flexibility index (Phi) is 4.68. The molecular weight excluding hydrogens is 332 g/mol. The van der Waals surface area contributed by atoms with Crippen LogP contribution in [0.4, 0.5) is 0 Å². The molecule has 0 aliphatic heterocycles. The first-order chi connectivity index (χ1) is 9.77. The average Bonchev–Trinajstić information content (AvgIpc) is 2.76. The molecule has 0 N–H and O–H groups in total. The monoisotopic (exact) mass is 350 g/mol.